The fraction of sp³-hybridized carbons (Fsp3) is 0.304. The second-order valence-corrected chi connectivity index (χ2v) is 8.20. The molecule has 11 heteroatoms. The van der Waals surface area contributed by atoms with Crippen LogP contribution in [0.25, 0.3) is 0 Å². The summed E-state index contributed by atoms with van der Waals surface area (Å²) in [5, 5.41) is 2.79. The third-order valence-corrected chi connectivity index (χ3v) is 6.00. The van der Waals surface area contributed by atoms with E-state index in [0.29, 0.717) is 24.5 Å². The van der Waals surface area contributed by atoms with Gasteiger partial charge in [-0.25, -0.2) is 0 Å². The van der Waals surface area contributed by atoms with Crippen molar-refractivity contribution in [1.29, 1.82) is 0 Å². The number of carbonyl (C=O) groups excluding carboxylic acids is 3. The summed E-state index contributed by atoms with van der Waals surface area (Å²) in [4.78, 5) is 40.4. The standard InChI is InChI=1S/C23H27N5O5S/c1-4-14-7-5-6-8-15(14)28(23(31)20-17(24)18(21(25)29)27-34-20)19(16-10-9-13(2)33-16)22(30)26-11-12-32-3/h5-10,19H,4,11-12,24H2,1-3H3,(H2,25,29)(H,26,30)/t19-/m1/s1. The Kier molecular flexibility index (Phi) is 8.03. The number of methoxy groups -OCH3 is 1. The van der Waals surface area contributed by atoms with Gasteiger partial charge < -0.3 is 25.9 Å². The van der Waals surface area contributed by atoms with Crippen LogP contribution in [0.3, 0.4) is 0 Å². The van der Waals surface area contributed by atoms with Crippen LogP contribution in [0.2, 0.25) is 0 Å². The molecule has 0 saturated carbocycles. The Labute approximate surface area is 201 Å². The van der Waals surface area contributed by atoms with Crippen molar-refractivity contribution in [3.8, 4) is 0 Å². The molecule has 1 atom stereocenters. The molecule has 0 fully saturated rings. The smallest absolute Gasteiger partial charge is 0.273 e. The molecular weight excluding hydrogens is 458 g/mol. The lowest BCUT2D eigenvalue weighted by atomic mass is 10.0. The van der Waals surface area contributed by atoms with Gasteiger partial charge in [-0.2, -0.15) is 4.37 Å². The van der Waals surface area contributed by atoms with Gasteiger partial charge >= 0.3 is 0 Å². The Morgan fingerprint density at radius 1 is 1.24 bits per heavy atom. The first-order valence-electron chi connectivity index (χ1n) is 10.6. The molecule has 180 valence electrons. The molecule has 2 aromatic heterocycles. The number of amides is 3. The van der Waals surface area contributed by atoms with E-state index in [9.17, 15) is 14.4 Å². The van der Waals surface area contributed by atoms with Crippen molar-refractivity contribution in [2.24, 2.45) is 5.73 Å². The van der Waals surface area contributed by atoms with Gasteiger partial charge in [-0.15, -0.1) is 0 Å². The van der Waals surface area contributed by atoms with Crippen LogP contribution in [0.1, 0.15) is 50.2 Å². The van der Waals surface area contributed by atoms with Crippen molar-refractivity contribution in [2.45, 2.75) is 26.3 Å². The maximum atomic E-state index is 13.9. The highest BCUT2D eigenvalue weighted by Crippen LogP contribution is 2.35. The molecule has 0 aliphatic carbocycles. The Bertz CT molecular complexity index is 1190. The SMILES string of the molecule is CCc1ccccc1N(C(=O)c1snc(C(N)=O)c1N)[C@@H](C(=O)NCCOC)c1ccc(C)o1. The first-order chi connectivity index (χ1) is 16.3. The molecular formula is C23H27N5O5S. The Balaban J connectivity index is 2.20. The first kappa shape index (κ1) is 24.9. The van der Waals surface area contributed by atoms with Crippen LogP contribution in [0, 0.1) is 6.92 Å². The number of rotatable bonds is 10. The van der Waals surface area contributed by atoms with Crippen molar-refractivity contribution < 1.29 is 23.5 Å². The molecule has 2 heterocycles. The minimum absolute atomic E-state index is 0.00215. The molecule has 0 radical (unpaired) electrons. The van der Waals surface area contributed by atoms with Gasteiger partial charge in [0.25, 0.3) is 17.7 Å². The zero-order valence-electron chi connectivity index (χ0n) is 19.2. The van der Waals surface area contributed by atoms with Crippen molar-refractivity contribution in [2.75, 3.05) is 30.9 Å². The van der Waals surface area contributed by atoms with Crippen molar-refractivity contribution >= 4 is 40.6 Å². The van der Waals surface area contributed by atoms with E-state index in [0.717, 1.165) is 17.1 Å². The lowest BCUT2D eigenvalue weighted by Gasteiger charge is -2.31. The van der Waals surface area contributed by atoms with Crippen LogP contribution in [0.4, 0.5) is 11.4 Å². The highest BCUT2D eigenvalue weighted by molar-refractivity contribution is 7.09. The number of nitrogen functional groups attached to an aromatic ring is 1. The van der Waals surface area contributed by atoms with E-state index in [1.54, 1.807) is 31.2 Å². The number of nitrogens with one attached hydrogen (secondary N) is 1. The fourth-order valence-corrected chi connectivity index (χ4v) is 4.24. The van der Waals surface area contributed by atoms with Crippen molar-refractivity contribution in [3.63, 3.8) is 0 Å². The average molecular weight is 486 g/mol. The van der Waals surface area contributed by atoms with Gasteiger partial charge in [-0.1, -0.05) is 25.1 Å². The number of primary amides is 1. The maximum absolute atomic E-state index is 13.9. The molecule has 3 aromatic rings. The second-order valence-electron chi connectivity index (χ2n) is 7.43. The van der Waals surface area contributed by atoms with Gasteiger partial charge in [0, 0.05) is 19.3 Å². The van der Waals surface area contributed by atoms with E-state index in [4.69, 9.17) is 20.6 Å². The summed E-state index contributed by atoms with van der Waals surface area (Å²) in [6.07, 6.45) is 0.597. The van der Waals surface area contributed by atoms with E-state index in [1.165, 1.54) is 12.0 Å². The summed E-state index contributed by atoms with van der Waals surface area (Å²) in [6.45, 7) is 4.21. The number of ether oxygens (including phenoxy) is 1. The first-order valence-corrected chi connectivity index (χ1v) is 11.4. The van der Waals surface area contributed by atoms with Gasteiger partial charge in [0.05, 0.1) is 12.3 Å². The van der Waals surface area contributed by atoms with Gasteiger partial charge in [0.2, 0.25) is 0 Å². The molecule has 0 aliphatic heterocycles. The number of aryl methyl sites for hydroxylation is 2. The van der Waals surface area contributed by atoms with Crippen LogP contribution in [0.15, 0.2) is 40.8 Å². The number of furan rings is 1. The van der Waals surface area contributed by atoms with Crippen molar-refractivity contribution in [1.82, 2.24) is 9.69 Å². The number of nitrogens with zero attached hydrogens (tertiary/aromatic N) is 2. The summed E-state index contributed by atoms with van der Waals surface area (Å²) in [6, 6.07) is 9.43. The topological polar surface area (TPSA) is 154 Å². The van der Waals surface area contributed by atoms with Gasteiger partial charge in [0.1, 0.15) is 16.4 Å². The Morgan fingerprint density at radius 2 is 1.97 bits per heavy atom. The lowest BCUT2D eigenvalue weighted by Crippen LogP contribution is -2.45. The summed E-state index contributed by atoms with van der Waals surface area (Å²) in [5.41, 5.74) is 12.4. The minimum atomic E-state index is -1.16. The largest absolute Gasteiger partial charge is 0.464 e. The quantitative estimate of drug-likeness (QED) is 0.373. The van der Waals surface area contributed by atoms with E-state index in [1.807, 2.05) is 19.1 Å². The number of hydrogen-bond donors (Lipinski definition) is 3. The highest BCUT2D eigenvalue weighted by atomic mass is 32.1. The average Bonchev–Trinajstić information content (AvgIpc) is 3.42. The molecule has 0 saturated heterocycles. The zero-order chi connectivity index (χ0) is 24.8. The predicted molar refractivity (Wildman–Crippen MR) is 129 cm³/mol. The lowest BCUT2D eigenvalue weighted by molar-refractivity contribution is -0.123. The number of nitrogens with two attached hydrogens (primary N) is 2. The number of benzene rings is 1. The third kappa shape index (κ3) is 5.10. The number of hydrogen-bond acceptors (Lipinski definition) is 8. The van der Waals surface area contributed by atoms with Crippen LogP contribution in [-0.2, 0) is 16.0 Å². The summed E-state index contributed by atoms with van der Waals surface area (Å²) in [7, 11) is 1.52. The molecule has 0 unspecified atom stereocenters. The molecule has 0 aliphatic rings. The summed E-state index contributed by atoms with van der Waals surface area (Å²) < 4.78 is 14.8. The molecule has 5 N–H and O–H groups in total. The van der Waals surface area contributed by atoms with E-state index in [2.05, 4.69) is 9.69 Å². The van der Waals surface area contributed by atoms with Crippen LogP contribution >= 0.6 is 11.5 Å². The Morgan fingerprint density at radius 3 is 2.56 bits per heavy atom. The fourth-order valence-electron chi connectivity index (χ4n) is 3.50. The minimum Gasteiger partial charge on any atom is -0.464 e. The van der Waals surface area contributed by atoms with Crippen LogP contribution in [-0.4, -0.2) is 42.4 Å². The number of anilines is 2. The molecule has 1 aromatic carbocycles. The van der Waals surface area contributed by atoms with Crippen LogP contribution < -0.4 is 21.7 Å². The van der Waals surface area contributed by atoms with Crippen molar-refractivity contribution in [3.05, 3.63) is 64.1 Å². The number of aromatic nitrogens is 1. The highest BCUT2D eigenvalue weighted by Gasteiger charge is 2.38. The molecule has 3 amide bonds. The van der Waals surface area contributed by atoms with E-state index >= 15 is 0 Å². The van der Waals surface area contributed by atoms with Crippen LogP contribution in [0.5, 0.6) is 0 Å². The zero-order valence-corrected chi connectivity index (χ0v) is 20.0. The van der Waals surface area contributed by atoms with E-state index < -0.39 is 23.8 Å². The number of carbonyl (C=O) groups is 3. The monoisotopic (exact) mass is 485 g/mol. The van der Waals surface area contributed by atoms with Gasteiger partial charge in [-0.3, -0.25) is 19.3 Å². The second kappa shape index (κ2) is 10.9. The normalized spacial score (nSPS) is 11.7. The van der Waals surface area contributed by atoms with E-state index in [-0.39, 0.29) is 28.6 Å². The summed E-state index contributed by atoms with van der Waals surface area (Å²) in [5.74, 6) is -1.07. The molecule has 10 nitrogen and oxygen atoms in total. The molecule has 3 rings (SSSR count). The predicted octanol–water partition coefficient (Wildman–Crippen LogP) is 2.44. The molecule has 34 heavy (non-hydrogen) atoms. The molecule has 0 bridgehead atoms. The van der Waals surface area contributed by atoms with Gasteiger partial charge in [0.15, 0.2) is 11.7 Å². The summed E-state index contributed by atoms with van der Waals surface area (Å²) >= 11 is 0.751. The molecule has 0 spiro atoms. The maximum Gasteiger partial charge on any atom is 0.273 e. The number of para-hydroxylation sites is 1. The third-order valence-electron chi connectivity index (χ3n) is 5.15. The Hall–Kier alpha value is -3.70. The van der Waals surface area contributed by atoms with Gasteiger partial charge in [-0.05, 0) is 48.6 Å².